The molecule has 2 heteroatoms. The Kier molecular flexibility index (Phi) is 5.11. The van der Waals surface area contributed by atoms with Gasteiger partial charge in [-0.05, 0) is 49.7 Å². The molecule has 1 saturated carbocycles. The van der Waals surface area contributed by atoms with Gasteiger partial charge in [-0.1, -0.05) is 38.5 Å². The molecule has 0 aliphatic heterocycles. The van der Waals surface area contributed by atoms with Gasteiger partial charge in [-0.2, -0.15) is 0 Å². The summed E-state index contributed by atoms with van der Waals surface area (Å²) in [4.78, 5) is 9.31. The molecule has 2 rings (SSSR count). The Labute approximate surface area is 123 Å². The van der Waals surface area contributed by atoms with E-state index in [0.717, 1.165) is 5.69 Å². The number of aliphatic imine (C=N–C) groups is 2. The van der Waals surface area contributed by atoms with Crippen LogP contribution in [0.1, 0.15) is 44.2 Å². The molecule has 2 nitrogen and oxygen atoms in total. The number of para-hydroxylation sites is 1. The Hall–Kier alpha value is -1.44. The van der Waals surface area contributed by atoms with Crippen molar-refractivity contribution < 1.29 is 0 Å². The van der Waals surface area contributed by atoms with E-state index in [2.05, 4.69) is 50.9 Å². The van der Waals surface area contributed by atoms with Crippen LogP contribution in [-0.4, -0.2) is 18.5 Å². The summed E-state index contributed by atoms with van der Waals surface area (Å²) >= 11 is 0. The largest absolute Gasteiger partial charge is 0.288 e. The zero-order valence-electron chi connectivity index (χ0n) is 13.1. The summed E-state index contributed by atoms with van der Waals surface area (Å²) in [6, 6.07) is 6.74. The molecule has 108 valence electrons. The first-order valence-corrected chi connectivity index (χ1v) is 7.71. The van der Waals surface area contributed by atoms with Crippen molar-refractivity contribution in [1.82, 2.24) is 0 Å². The van der Waals surface area contributed by atoms with Crippen molar-refractivity contribution in [3.63, 3.8) is 0 Å². The van der Waals surface area contributed by atoms with Crippen LogP contribution in [-0.2, 0) is 0 Å². The summed E-state index contributed by atoms with van der Waals surface area (Å²) in [5, 5.41) is 0. The summed E-state index contributed by atoms with van der Waals surface area (Å²) in [5.41, 5.74) is 3.51. The fourth-order valence-electron chi connectivity index (χ4n) is 3.21. The normalized spacial score (nSPS) is 27.5. The highest BCUT2D eigenvalue weighted by Crippen LogP contribution is 2.30. The number of hydrogen-bond acceptors (Lipinski definition) is 2. The van der Waals surface area contributed by atoms with E-state index >= 15 is 0 Å². The van der Waals surface area contributed by atoms with Crippen LogP contribution in [0.5, 0.6) is 0 Å². The number of hydrogen-bond donors (Lipinski definition) is 0. The molecule has 0 aromatic heterocycles. The third-order valence-electron chi connectivity index (χ3n) is 4.45. The van der Waals surface area contributed by atoms with Crippen molar-refractivity contribution in [3.05, 3.63) is 29.3 Å². The van der Waals surface area contributed by atoms with Crippen molar-refractivity contribution in [2.24, 2.45) is 21.8 Å². The molecular weight excluding hydrogens is 244 g/mol. The smallest absolute Gasteiger partial charge is 0.0688 e. The number of nitrogens with zero attached hydrogens (tertiary/aromatic N) is 2. The average molecular weight is 270 g/mol. The van der Waals surface area contributed by atoms with Crippen LogP contribution in [0.3, 0.4) is 0 Å². The molecule has 0 amide bonds. The molecule has 1 fully saturated rings. The lowest BCUT2D eigenvalue weighted by Gasteiger charge is -2.31. The van der Waals surface area contributed by atoms with E-state index < -0.39 is 0 Å². The Balaban J connectivity index is 2.04. The van der Waals surface area contributed by atoms with Gasteiger partial charge >= 0.3 is 0 Å². The van der Waals surface area contributed by atoms with Crippen LogP contribution in [0.25, 0.3) is 0 Å². The monoisotopic (exact) mass is 270 g/mol. The van der Waals surface area contributed by atoms with Crippen LogP contribution in [0.2, 0.25) is 0 Å². The molecule has 0 N–H and O–H groups in total. The van der Waals surface area contributed by atoms with Gasteiger partial charge in [0.15, 0.2) is 0 Å². The van der Waals surface area contributed by atoms with Gasteiger partial charge in [0, 0.05) is 12.4 Å². The second kappa shape index (κ2) is 6.83. The van der Waals surface area contributed by atoms with Crippen LogP contribution in [0.4, 0.5) is 5.69 Å². The minimum absolute atomic E-state index is 0.466. The van der Waals surface area contributed by atoms with E-state index in [1.165, 1.54) is 30.4 Å². The highest BCUT2D eigenvalue weighted by atomic mass is 14.8. The van der Waals surface area contributed by atoms with Crippen LogP contribution in [0.15, 0.2) is 28.2 Å². The van der Waals surface area contributed by atoms with Gasteiger partial charge in [-0.3, -0.25) is 9.98 Å². The second-order valence-electron chi connectivity index (χ2n) is 6.19. The van der Waals surface area contributed by atoms with E-state index in [9.17, 15) is 0 Å². The molecule has 0 bridgehead atoms. The molecule has 2 unspecified atom stereocenters. The quantitative estimate of drug-likeness (QED) is 0.698. The predicted molar refractivity (Wildman–Crippen MR) is 88.5 cm³/mol. The molecule has 0 spiro atoms. The first-order valence-electron chi connectivity index (χ1n) is 7.71. The standard InChI is InChI=1S/C18H26N2/c1-13-7-5-8-14(2)17(13)19-11-12-20-18-15(3)9-6-10-16(18)4/h5,7-8,11-12,15-16,18H,6,9-10H2,1-4H3. The maximum absolute atomic E-state index is 4.75. The topological polar surface area (TPSA) is 24.7 Å². The Morgan fingerprint density at radius 3 is 2.20 bits per heavy atom. The number of rotatable bonds is 3. The Morgan fingerprint density at radius 1 is 1.00 bits per heavy atom. The van der Waals surface area contributed by atoms with Crippen molar-refractivity contribution in [1.29, 1.82) is 0 Å². The minimum atomic E-state index is 0.466. The fourth-order valence-corrected chi connectivity index (χ4v) is 3.21. The highest BCUT2D eigenvalue weighted by molar-refractivity contribution is 6.16. The van der Waals surface area contributed by atoms with E-state index in [0.29, 0.717) is 17.9 Å². The minimum Gasteiger partial charge on any atom is -0.288 e. The third-order valence-corrected chi connectivity index (χ3v) is 4.45. The summed E-state index contributed by atoms with van der Waals surface area (Å²) in [6.07, 6.45) is 7.71. The number of benzene rings is 1. The van der Waals surface area contributed by atoms with Crippen LogP contribution < -0.4 is 0 Å². The highest BCUT2D eigenvalue weighted by Gasteiger charge is 2.26. The molecular formula is C18H26N2. The predicted octanol–water partition coefficient (Wildman–Crippen LogP) is 4.90. The zero-order chi connectivity index (χ0) is 14.5. The summed E-state index contributed by atoms with van der Waals surface area (Å²) in [7, 11) is 0. The van der Waals surface area contributed by atoms with Gasteiger partial charge in [-0.15, -0.1) is 0 Å². The van der Waals surface area contributed by atoms with Gasteiger partial charge in [0.1, 0.15) is 0 Å². The molecule has 1 aromatic carbocycles. The lowest BCUT2D eigenvalue weighted by atomic mass is 9.79. The molecule has 0 radical (unpaired) electrons. The lowest BCUT2D eigenvalue weighted by Crippen LogP contribution is -2.28. The summed E-state index contributed by atoms with van der Waals surface area (Å²) in [5.74, 6) is 1.40. The molecule has 0 heterocycles. The average Bonchev–Trinajstić information content (AvgIpc) is 2.40. The molecule has 1 aliphatic carbocycles. The van der Waals surface area contributed by atoms with E-state index in [-0.39, 0.29) is 0 Å². The summed E-state index contributed by atoms with van der Waals surface area (Å²) in [6.45, 7) is 8.84. The van der Waals surface area contributed by atoms with Gasteiger partial charge in [-0.25, -0.2) is 0 Å². The molecule has 1 aliphatic rings. The van der Waals surface area contributed by atoms with Gasteiger partial charge in [0.25, 0.3) is 0 Å². The molecule has 20 heavy (non-hydrogen) atoms. The summed E-state index contributed by atoms with van der Waals surface area (Å²) < 4.78 is 0. The van der Waals surface area contributed by atoms with Crippen molar-refractivity contribution in [3.8, 4) is 0 Å². The molecule has 2 atom stereocenters. The zero-order valence-corrected chi connectivity index (χ0v) is 13.1. The Morgan fingerprint density at radius 2 is 1.60 bits per heavy atom. The van der Waals surface area contributed by atoms with Crippen molar-refractivity contribution in [2.45, 2.75) is 53.0 Å². The fraction of sp³-hybridized carbons (Fsp3) is 0.556. The first-order chi connectivity index (χ1) is 9.59. The van der Waals surface area contributed by atoms with Gasteiger partial charge < -0.3 is 0 Å². The first kappa shape index (κ1) is 15.0. The van der Waals surface area contributed by atoms with Crippen molar-refractivity contribution in [2.75, 3.05) is 0 Å². The van der Waals surface area contributed by atoms with Gasteiger partial charge in [0.2, 0.25) is 0 Å². The number of aryl methyl sites for hydroxylation is 2. The van der Waals surface area contributed by atoms with E-state index in [4.69, 9.17) is 4.99 Å². The maximum Gasteiger partial charge on any atom is 0.0688 e. The van der Waals surface area contributed by atoms with E-state index in [1.54, 1.807) is 0 Å². The van der Waals surface area contributed by atoms with Crippen LogP contribution >= 0.6 is 0 Å². The van der Waals surface area contributed by atoms with Crippen LogP contribution in [0, 0.1) is 25.7 Å². The molecule has 0 saturated heterocycles. The SMILES string of the molecule is Cc1cccc(C)c1N=CC=NC1C(C)CCCC1C. The van der Waals surface area contributed by atoms with E-state index in [1.807, 2.05) is 12.4 Å². The second-order valence-corrected chi connectivity index (χ2v) is 6.19. The molecule has 1 aromatic rings. The Bertz CT molecular complexity index is 472. The van der Waals surface area contributed by atoms with Crippen molar-refractivity contribution >= 4 is 18.1 Å². The lowest BCUT2D eigenvalue weighted by molar-refractivity contribution is 0.253. The maximum atomic E-state index is 4.75. The third kappa shape index (κ3) is 3.56. The van der Waals surface area contributed by atoms with Gasteiger partial charge in [0.05, 0.1) is 11.7 Å².